The maximum absolute atomic E-state index is 5.47. The molecule has 0 radical (unpaired) electrons. The standard InChI is InChI=1S/C15H23N3S/c1-2-17-10-12-18(13-11-17)15(19)16-9-8-14-6-4-3-5-7-14/h3-7H,2,8-13H2,1H3,(H,16,19)/p+1. The third kappa shape index (κ3) is 4.48. The lowest BCUT2D eigenvalue weighted by Crippen LogP contribution is -3.14. The predicted octanol–water partition coefficient (Wildman–Crippen LogP) is 0.324. The van der Waals surface area contributed by atoms with Gasteiger partial charge in [-0.1, -0.05) is 30.3 Å². The number of rotatable bonds is 4. The van der Waals surface area contributed by atoms with Crippen molar-refractivity contribution < 1.29 is 4.90 Å². The molecule has 4 heteroatoms. The van der Waals surface area contributed by atoms with Gasteiger partial charge < -0.3 is 15.1 Å². The van der Waals surface area contributed by atoms with E-state index < -0.39 is 0 Å². The number of nitrogens with zero attached hydrogens (tertiary/aromatic N) is 1. The Balaban J connectivity index is 1.67. The third-order valence-corrected chi connectivity index (χ3v) is 4.19. The summed E-state index contributed by atoms with van der Waals surface area (Å²) in [5.41, 5.74) is 1.36. The summed E-state index contributed by atoms with van der Waals surface area (Å²) >= 11 is 5.47. The molecule has 1 aromatic rings. The summed E-state index contributed by atoms with van der Waals surface area (Å²) in [6, 6.07) is 10.5. The molecule has 1 aromatic carbocycles. The summed E-state index contributed by atoms with van der Waals surface area (Å²) in [7, 11) is 0. The number of quaternary nitrogens is 1. The Morgan fingerprint density at radius 3 is 2.58 bits per heavy atom. The molecular weight excluding hydrogens is 254 g/mol. The van der Waals surface area contributed by atoms with Crippen molar-refractivity contribution in [2.75, 3.05) is 39.3 Å². The molecule has 0 unspecified atom stereocenters. The largest absolute Gasteiger partial charge is 0.362 e. The molecule has 0 aromatic heterocycles. The second-order valence-corrected chi connectivity index (χ2v) is 5.44. The smallest absolute Gasteiger partial charge is 0.169 e. The van der Waals surface area contributed by atoms with E-state index in [0.29, 0.717) is 0 Å². The van der Waals surface area contributed by atoms with E-state index in [-0.39, 0.29) is 0 Å². The zero-order valence-electron chi connectivity index (χ0n) is 11.7. The lowest BCUT2D eigenvalue weighted by molar-refractivity contribution is -0.902. The lowest BCUT2D eigenvalue weighted by Gasteiger charge is -2.33. The van der Waals surface area contributed by atoms with Crippen LogP contribution in [-0.4, -0.2) is 49.3 Å². The molecule has 0 atom stereocenters. The molecule has 0 bridgehead atoms. The second kappa shape index (κ2) is 7.46. The SMILES string of the molecule is CC[NH+]1CCN(C(=S)NCCc2ccccc2)CC1. The number of benzene rings is 1. The molecule has 1 aliphatic heterocycles. The Morgan fingerprint density at radius 1 is 1.26 bits per heavy atom. The summed E-state index contributed by atoms with van der Waals surface area (Å²) in [6.45, 7) is 8.97. The normalized spacial score (nSPS) is 16.4. The molecule has 1 heterocycles. The quantitative estimate of drug-likeness (QED) is 0.774. The summed E-state index contributed by atoms with van der Waals surface area (Å²) in [6.07, 6.45) is 1.03. The van der Waals surface area contributed by atoms with Crippen LogP contribution in [0.3, 0.4) is 0 Å². The van der Waals surface area contributed by atoms with Crippen LogP contribution in [0.15, 0.2) is 30.3 Å². The molecule has 1 saturated heterocycles. The first-order valence-electron chi connectivity index (χ1n) is 7.20. The summed E-state index contributed by atoms with van der Waals surface area (Å²) in [5, 5.41) is 4.30. The van der Waals surface area contributed by atoms with Gasteiger partial charge in [0.15, 0.2) is 5.11 Å². The van der Waals surface area contributed by atoms with E-state index in [1.807, 2.05) is 0 Å². The van der Waals surface area contributed by atoms with Gasteiger partial charge in [-0.3, -0.25) is 0 Å². The molecule has 0 saturated carbocycles. The summed E-state index contributed by atoms with van der Waals surface area (Å²) in [5.74, 6) is 0. The fourth-order valence-electron chi connectivity index (χ4n) is 2.45. The number of hydrogen-bond donors (Lipinski definition) is 2. The van der Waals surface area contributed by atoms with Crippen LogP contribution in [0.5, 0.6) is 0 Å². The van der Waals surface area contributed by atoms with Gasteiger partial charge in [0.25, 0.3) is 0 Å². The van der Waals surface area contributed by atoms with Gasteiger partial charge in [0, 0.05) is 6.54 Å². The Labute approximate surface area is 121 Å². The van der Waals surface area contributed by atoms with E-state index in [0.717, 1.165) is 31.2 Å². The Kier molecular flexibility index (Phi) is 5.61. The van der Waals surface area contributed by atoms with Crippen LogP contribution < -0.4 is 10.2 Å². The molecule has 2 rings (SSSR count). The summed E-state index contributed by atoms with van der Waals surface area (Å²) < 4.78 is 0. The fraction of sp³-hybridized carbons (Fsp3) is 0.533. The maximum atomic E-state index is 5.47. The fourth-order valence-corrected chi connectivity index (χ4v) is 2.73. The van der Waals surface area contributed by atoms with E-state index >= 15 is 0 Å². The Morgan fingerprint density at radius 2 is 1.95 bits per heavy atom. The average molecular weight is 278 g/mol. The van der Waals surface area contributed by atoms with Crippen LogP contribution in [0, 0.1) is 0 Å². The zero-order valence-corrected chi connectivity index (χ0v) is 12.5. The first-order chi connectivity index (χ1) is 9.29. The third-order valence-electron chi connectivity index (χ3n) is 3.79. The van der Waals surface area contributed by atoms with Crippen molar-refractivity contribution in [1.82, 2.24) is 10.2 Å². The van der Waals surface area contributed by atoms with Gasteiger partial charge >= 0.3 is 0 Å². The van der Waals surface area contributed by atoms with Crippen molar-refractivity contribution >= 4 is 17.3 Å². The second-order valence-electron chi connectivity index (χ2n) is 5.06. The van der Waals surface area contributed by atoms with E-state index in [2.05, 4.69) is 47.5 Å². The van der Waals surface area contributed by atoms with Gasteiger partial charge in [-0.15, -0.1) is 0 Å². The van der Waals surface area contributed by atoms with Crippen LogP contribution in [0.1, 0.15) is 12.5 Å². The number of thiocarbonyl (C=S) groups is 1. The van der Waals surface area contributed by atoms with E-state index in [9.17, 15) is 0 Å². The minimum atomic E-state index is 0.920. The average Bonchev–Trinajstić information content (AvgIpc) is 2.48. The molecule has 104 valence electrons. The number of piperazine rings is 1. The highest BCUT2D eigenvalue weighted by molar-refractivity contribution is 7.80. The Bertz CT molecular complexity index is 386. The van der Waals surface area contributed by atoms with Crippen molar-refractivity contribution in [1.29, 1.82) is 0 Å². The van der Waals surface area contributed by atoms with Crippen LogP contribution >= 0.6 is 12.2 Å². The highest BCUT2D eigenvalue weighted by Gasteiger charge is 2.19. The van der Waals surface area contributed by atoms with Crippen molar-refractivity contribution in [2.45, 2.75) is 13.3 Å². The highest BCUT2D eigenvalue weighted by Crippen LogP contribution is 1.99. The maximum Gasteiger partial charge on any atom is 0.169 e. The minimum Gasteiger partial charge on any atom is -0.362 e. The molecule has 1 fully saturated rings. The van der Waals surface area contributed by atoms with E-state index in [1.54, 1.807) is 4.90 Å². The van der Waals surface area contributed by atoms with Crippen molar-refractivity contribution in [2.24, 2.45) is 0 Å². The van der Waals surface area contributed by atoms with Crippen molar-refractivity contribution in [3.05, 3.63) is 35.9 Å². The van der Waals surface area contributed by atoms with Crippen molar-refractivity contribution in [3.8, 4) is 0 Å². The van der Waals surface area contributed by atoms with E-state index in [4.69, 9.17) is 12.2 Å². The van der Waals surface area contributed by atoms with Gasteiger partial charge in [0.05, 0.1) is 32.7 Å². The number of hydrogen-bond acceptors (Lipinski definition) is 1. The molecule has 2 N–H and O–H groups in total. The van der Waals surface area contributed by atoms with E-state index in [1.165, 1.54) is 25.2 Å². The molecule has 0 spiro atoms. The van der Waals surface area contributed by atoms with Gasteiger partial charge in [0.1, 0.15) is 0 Å². The minimum absolute atomic E-state index is 0.920. The van der Waals surface area contributed by atoms with Gasteiger partial charge in [-0.05, 0) is 31.1 Å². The topological polar surface area (TPSA) is 19.7 Å². The zero-order chi connectivity index (χ0) is 13.5. The predicted molar refractivity (Wildman–Crippen MR) is 83.6 cm³/mol. The van der Waals surface area contributed by atoms with Gasteiger partial charge in [-0.25, -0.2) is 0 Å². The number of likely N-dealkylation sites (N-methyl/N-ethyl adjacent to an activating group) is 1. The molecule has 3 nitrogen and oxygen atoms in total. The monoisotopic (exact) mass is 278 g/mol. The van der Waals surface area contributed by atoms with Crippen LogP contribution in [-0.2, 0) is 6.42 Å². The van der Waals surface area contributed by atoms with Gasteiger partial charge in [0.2, 0.25) is 0 Å². The van der Waals surface area contributed by atoms with Crippen LogP contribution in [0.4, 0.5) is 0 Å². The van der Waals surface area contributed by atoms with Crippen LogP contribution in [0.2, 0.25) is 0 Å². The van der Waals surface area contributed by atoms with Crippen molar-refractivity contribution in [3.63, 3.8) is 0 Å². The lowest BCUT2D eigenvalue weighted by atomic mass is 10.1. The molecule has 0 amide bonds. The molecular formula is C15H24N3S+. The first-order valence-corrected chi connectivity index (χ1v) is 7.60. The van der Waals surface area contributed by atoms with Crippen LogP contribution in [0.25, 0.3) is 0 Å². The van der Waals surface area contributed by atoms with Gasteiger partial charge in [-0.2, -0.15) is 0 Å². The molecule has 19 heavy (non-hydrogen) atoms. The number of nitrogens with one attached hydrogen (secondary N) is 2. The first kappa shape index (κ1) is 14.3. The highest BCUT2D eigenvalue weighted by atomic mass is 32.1. The molecule has 0 aliphatic carbocycles. The molecule has 1 aliphatic rings. The Hall–Kier alpha value is -1.13. The summed E-state index contributed by atoms with van der Waals surface area (Å²) in [4.78, 5) is 3.99.